The van der Waals surface area contributed by atoms with Crippen LogP contribution in [0.25, 0.3) is 0 Å². The molecule has 80 valence electrons. The number of anilines is 1. The zero-order valence-corrected chi connectivity index (χ0v) is 9.90. The highest BCUT2D eigenvalue weighted by Gasteiger charge is 2.23. The SMILES string of the molecule is Cc1c(Cl)ccc2c1N(C(=O)Cl)CCC2. The van der Waals surface area contributed by atoms with Crippen LogP contribution in [0.4, 0.5) is 10.5 Å². The molecule has 0 radical (unpaired) electrons. The van der Waals surface area contributed by atoms with Crippen molar-refractivity contribution >= 4 is 34.3 Å². The highest BCUT2D eigenvalue weighted by Crippen LogP contribution is 2.35. The molecule has 15 heavy (non-hydrogen) atoms. The molecule has 1 heterocycles. The van der Waals surface area contributed by atoms with Crippen molar-refractivity contribution in [1.82, 2.24) is 0 Å². The van der Waals surface area contributed by atoms with Crippen molar-refractivity contribution in [3.63, 3.8) is 0 Å². The van der Waals surface area contributed by atoms with Crippen LogP contribution in [0.2, 0.25) is 5.02 Å². The first-order chi connectivity index (χ1) is 7.11. The molecule has 2 nitrogen and oxygen atoms in total. The van der Waals surface area contributed by atoms with Crippen molar-refractivity contribution in [3.8, 4) is 0 Å². The first-order valence-corrected chi connectivity index (χ1v) is 5.62. The van der Waals surface area contributed by atoms with Gasteiger partial charge in [0.1, 0.15) is 0 Å². The molecule has 1 aromatic carbocycles. The fourth-order valence-corrected chi connectivity index (χ4v) is 2.35. The lowest BCUT2D eigenvalue weighted by atomic mass is 9.99. The molecule has 1 aliphatic rings. The molecule has 0 spiro atoms. The van der Waals surface area contributed by atoms with E-state index >= 15 is 0 Å². The number of hydrogen-bond donors (Lipinski definition) is 0. The van der Waals surface area contributed by atoms with E-state index in [0.717, 1.165) is 29.7 Å². The van der Waals surface area contributed by atoms with E-state index in [1.807, 2.05) is 19.1 Å². The summed E-state index contributed by atoms with van der Waals surface area (Å²) in [6, 6.07) is 3.84. The van der Waals surface area contributed by atoms with Crippen LogP contribution in [-0.4, -0.2) is 11.9 Å². The maximum absolute atomic E-state index is 11.3. The third-order valence-corrected chi connectivity index (χ3v) is 3.37. The van der Waals surface area contributed by atoms with E-state index in [0.29, 0.717) is 11.6 Å². The van der Waals surface area contributed by atoms with Crippen molar-refractivity contribution in [2.45, 2.75) is 19.8 Å². The van der Waals surface area contributed by atoms with Crippen molar-refractivity contribution in [1.29, 1.82) is 0 Å². The Balaban J connectivity index is 2.58. The Labute approximate surface area is 98.8 Å². The van der Waals surface area contributed by atoms with Crippen molar-refractivity contribution < 1.29 is 4.79 Å². The molecule has 0 aliphatic carbocycles. The fraction of sp³-hybridized carbons (Fsp3) is 0.364. The standard InChI is InChI=1S/C11H11Cl2NO/c1-7-9(12)5-4-8-3-2-6-14(10(7)8)11(13)15/h4-5H,2-3,6H2,1H3. The van der Waals surface area contributed by atoms with E-state index in [1.54, 1.807) is 4.90 Å². The molecule has 0 saturated heterocycles. The monoisotopic (exact) mass is 243 g/mol. The smallest absolute Gasteiger partial charge is 0.298 e. The van der Waals surface area contributed by atoms with Gasteiger partial charge in [0.15, 0.2) is 0 Å². The van der Waals surface area contributed by atoms with E-state index in [-0.39, 0.29) is 0 Å². The quantitative estimate of drug-likeness (QED) is 0.502. The number of hydrogen-bond acceptors (Lipinski definition) is 1. The summed E-state index contributed by atoms with van der Waals surface area (Å²) >= 11 is 11.6. The number of carbonyl (C=O) groups is 1. The van der Waals surface area contributed by atoms with Gasteiger partial charge in [-0.05, 0) is 48.6 Å². The molecule has 0 N–H and O–H groups in total. The van der Waals surface area contributed by atoms with Crippen LogP contribution in [0.1, 0.15) is 17.5 Å². The van der Waals surface area contributed by atoms with E-state index in [1.165, 1.54) is 0 Å². The molecule has 2 rings (SSSR count). The summed E-state index contributed by atoms with van der Waals surface area (Å²) < 4.78 is 0. The van der Waals surface area contributed by atoms with Crippen LogP contribution < -0.4 is 4.90 Å². The second kappa shape index (κ2) is 4.03. The first kappa shape index (κ1) is 10.8. The molecular weight excluding hydrogens is 233 g/mol. The van der Waals surface area contributed by atoms with Crippen LogP contribution in [0.5, 0.6) is 0 Å². The van der Waals surface area contributed by atoms with E-state index in [4.69, 9.17) is 23.2 Å². The number of benzene rings is 1. The van der Waals surface area contributed by atoms with Crippen LogP contribution in [-0.2, 0) is 6.42 Å². The minimum Gasteiger partial charge on any atom is -0.298 e. The molecule has 0 unspecified atom stereocenters. The van der Waals surface area contributed by atoms with Gasteiger partial charge in [-0.15, -0.1) is 0 Å². The Bertz CT molecular complexity index is 417. The van der Waals surface area contributed by atoms with E-state index < -0.39 is 5.37 Å². The number of aryl methyl sites for hydroxylation is 1. The number of halogens is 2. The summed E-state index contributed by atoms with van der Waals surface area (Å²) in [4.78, 5) is 12.9. The van der Waals surface area contributed by atoms with Gasteiger partial charge < -0.3 is 0 Å². The van der Waals surface area contributed by atoms with E-state index in [2.05, 4.69) is 0 Å². The molecular formula is C11H11Cl2NO. The van der Waals surface area contributed by atoms with Crippen molar-refractivity contribution in [3.05, 3.63) is 28.3 Å². The topological polar surface area (TPSA) is 20.3 Å². The number of carbonyl (C=O) groups excluding carboxylic acids is 1. The fourth-order valence-electron chi connectivity index (χ4n) is 2.02. The van der Waals surface area contributed by atoms with Gasteiger partial charge in [-0.25, -0.2) is 0 Å². The summed E-state index contributed by atoms with van der Waals surface area (Å²) in [5, 5.41) is 0.250. The van der Waals surface area contributed by atoms with Gasteiger partial charge in [0.05, 0.1) is 5.69 Å². The highest BCUT2D eigenvalue weighted by molar-refractivity contribution is 6.66. The minimum absolute atomic E-state index is 0.429. The largest absolute Gasteiger partial charge is 0.320 e. The molecule has 0 bridgehead atoms. The molecule has 1 aromatic rings. The van der Waals surface area contributed by atoms with Gasteiger partial charge in [0.25, 0.3) is 0 Å². The number of fused-ring (bicyclic) bond motifs is 1. The Morgan fingerprint density at radius 1 is 1.47 bits per heavy atom. The molecule has 1 aliphatic heterocycles. The molecule has 0 aromatic heterocycles. The predicted octanol–water partition coefficient (Wildman–Crippen LogP) is 3.76. The maximum Gasteiger partial charge on any atom is 0.320 e. The normalized spacial score (nSPS) is 15.0. The Morgan fingerprint density at radius 2 is 2.20 bits per heavy atom. The van der Waals surface area contributed by atoms with Gasteiger partial charge >= 0.3 is 5.37 Å². The lowest BCUT2D eigenvalue weighted by Crippen LogP contribution is -2.32. The number of rotatable bonds is 0. The summed E-state index contributed by atoms with van der Waals surface area (Å²) in [7, 11) is 0. The van der Waals surface area contributed by atoms with Crippen LogP contribution >= 0.6 is 23.2 Å². The minimum atomic E-state index is -0.429. The summed E-state index contributed by atoms with van der Waals surface area (Å²) in [6.45, 7) is 2.59. The summed E-state index contributed by atoms with van der Waals surface area (Å²) in [5.41, 5.74) is 2.98. The van der Waals surface area contributed by atoms with Crippen LogP contribution in [0, 0.1) is 6.92 Å². The molecule has 4 heteroatoms. The zero-order valence-electron chi connectivity index (χ0n) is 8.39. The van der Waals surface area contributed by atoms with Crippen LogP contribution in [0.15, 0.2) is 12.1 Å². The average molecular weight is 244 g/mol. The Kier molecular flexibility index (Phi) is 2.89. The summed E-state index contributed by atoms with van der Waals surface area (Å²) in [6.07, 6.45) is 1.93. The van der Waals surface area contributed by atoms with Gasteiger partial charge in [0.2, 0.25) is 0 Å². The third kappa shape index (κ3) is 1.84. The highest BCUT2D eigenvalue weighted by atomic mass is 35.5. The lowest BCUT2D eigenvalue weighted by molar-refractivity contribution is 0.263. The van der Waals surface area contributed by atoms with Gasteiger partial charge in [-0.1, -0.05) is 17.7 Å². The van der Waals surface area contributed by atoms with Gasteiger partial charge in [-0.2, -0.15) is 0 Å². The van der Waals surface area contributed by atoms with Crippen LogP contribution in [0.3, 0.4) is 0 Å². The first-order valence-electron chi connectivity index (χ1n) is 4.86. The number of nitrogens with zero attached hydrogens (tertiary/aromatic N) is 1. The second-order valence-electron chi connectivity index (χ2n) is 3.69. The lowest BCUT2D eigenvalue weighted by Gasteiger charge is -2.29. The summed E-state index contributed by atoms with van der Waals surface area (Å²) in [5.74, 6) is 0. The average Bonchev–Trinajstić information content (AvgIpc) is 2.23. The Morgan fingerprint density at radius 3 is 2.87 bits per heavy atom. The second-order valence-corrected chi connectivity index (χ2v) is 4.42. The molecule has 0 saturated carbocycles. The third-order valence-electron chi connectivity index (χ3n) is 2.76. The van der Waals surface area contributed by atoms with E-state index in [9.17, 15) is 4.79 Å². The maximum atomic E-state index is 11.3. The van der Waals surface area contributed by atoms with Gasteiger partial charge in [0, 0.05) is 11.6 Å². The number of amides is 1. The molecule has 1 amide bonds. The zero-order chi connectivity index (χ0) is 11.0. The van der Waals surface area contributed by atoms with Crippen molar-refractivity contribution in [2.75, 3.05) is 11.4 Å². The van der Waals surface area contributed by atoms with Crippen molar-refractivity contribution in [2.24, 2.45) is 0 Å². The molecule has 0 atom stereocenters. The Hall–Kier alpha value is -0.730. The molecule has 0 fully saturated rings. The predicted molar refractivity (Wildman–Crippen MR) is 63.1 cm³/mol. The van der Waals surface area contributed by atoms with Gasteiger partial charge in [-0.3, -0.25) is 9.69 Å².